The van der Waals surface area contributed by atoms with Crippen molar-refractivity contribution in [3.8, 4) is 5.75 Å². The molecule has 5 nitrogen and oxygen atoms in total. The van der Waals surface area contributed by atoms with Gasteiger partial charge < -0.3 is 14.6 Å². The molecule has 5 heteroatoms. The zero-order valence-electron chi connectivity index (χ0n) is 22.8. The lowest BCUT2D eigenvalue weighted by Gasteiger charge is -2.43. The monoisotopic (exact) mass is 467 g/mol. The average molecular weight is 468 g/mol. The van der Waals surface area contributed by atoms with Crippen molar-refractivity contribution < 1.29 is 9.53 Å². The van der Waals surface area contributed by atoms with E-state index in [1.165, 1.54) is 19.3 Å². The lowest BCUT2D eigenvalue weighted by molar-refractivity contribution is 0.0738. The molecular formula is C29H45N3O2. The fourth-order valence-electron chi connectivity index (χ4n) is 7.42. The lowest BCUT2D eigenvalue weighted by atomic mass is 9.68. The predicted octanol–water partition coefficient (Wildman–Crippen LogP) is 6.02. The van der Waals surface area contributed by atoms with Crippen LogP contribution in [0.4, 0.5) is 0 Å². The number of methoxy groups -OCH3 is 1. The van der Waals surface area contributed by atoms with Gasteiger partial charge in [-0.05, 0) is 76.7 Å². The summed E-state index contributed by atoms with van der Waals surface area (Å²) in [7, 11) is 1.72. The second-order valence-corrected chi connectivity index (χ2v) is 12.2. The third-order valence-electron chi connectivity index (χ3n) is 9.21. The summed E-state index contributed by atoms with van der Waals surface area (Å²) in [6.45, 7) is 19.9. The zero-order chi connectivity index (χ0) is 25.0. The summed E-state index contributed by atoms with van der Waals surface area (Å²) in [6.07, 6.45) is 3.72. The maximum atomic E-state index is 13.9. The van der Waals surface area contributed by atoms with Gasteiger partial charge in [0.25, 0.3) is 5.91 Å². The molecule has 2 saturated carbocycles. The van der Waals surface area contributed by atoms with E-state index < -0.39 is 0 Å². The Labute approximate surface area is 206 Å². The molecule has 2 bridgehead atoms. The van der Waals surface area contributed by atoms with Gasteiger partial charge in [-0.3, -0.25) is 9.69 Å². The number of hydrogen-bond donors (Lipinski definition) is 1. The molecule has 2 aliphatic rings. The molecule has 3 atom stereocenters. The van der Waals surface area contributed by atoms with E-state index in [9.17, 15) is 4.79 Å². The summed E-state index contributed by atoms with van der Waals surface area (Å²) >= 11 is 0. The van der Waals surface area contributed by atoms with Gasteiger partial charge in [0.1, 0.15) is 5.75 Å². The molecule has 1 aromatic carbocycles. The van der Waals surface area contributed by atoms with Crippen molar-refractivity contribution in [1.82, 2.24) is 14.8 Å². The first-order valence-electron chi connectivity index (χ1n) is 13.1. The molecule has 2 aromatic rings. The number of rotatable bonds is 8. The normalized spacial score (nSPS) is 25.8. The SMILES string of the molecule is COc1cccc2c(C(=O)NC3C4(C)CC[C@H](C4)C3(C)C)c(C)n(CCN(C(C)C)C(C)C)c12. The number of amides is 1. The molecular weight excluding hydrogens is 422 g/mol. The highest BCUT2D eigenvalue weighted by Gasteiger charge is 2.59. The number of nitrogens with one attached hydrogen (secondary N) is 1. The Morgan fingerprint density at radius 1 is 1.21 bits per heavy atom. The van der Waals surface area contributed by atoms with Crippen molar-refractivity contribution in [2.75, 3.05) is 13.7 Å². The Kier molecular flexibility index (Phi) is 6.56. The van der Waals surface area contributed by atoms with E-state index in [2.05, 4.69) is 76.2 Å². The van der Waals surface area contributed by atoms with Crippen molar-refractivity contribution in [2.24, 2.45) is 16.7 Å². The number of carbonyl (C=O) groups excluding carboxylic acids is 1. The molecule has 0 aliphatic heterocycles. The Morgan fingerprint density at radius 2 is 1.88 bits per heavy atom. The van der Waals surface area contributed by atoms with E-state index in [1.54, 1.807) is 7.11 Å². The Bertz CT molecular complexity index is 1050. The van der Waals surface area contributed by atoms with Crippen LogP contribution in [-0.4, -0.2) is 47.2 Å². The minimum Gasteiger partial charge on any atom is -0.495 e. The zero-order valence-corrected chi connectivity index (χ0v) is 22.8. The third-order valence-corrected chi connectivity index (χ3v) is 9.21. The molecule has 2 fully saturated rings. The molecule has 1 aromatic heterocycles. The molecule has 2 aliphatic carbocycles. The molecule has 34 heavy (non-hydrogen) atoms. The van der Waals surface area contributed by atoms with Gasteiger partial charge in [0.2, 0.25) is 0 Å². The van der Waals surface area contributed by atoms with Gasteiger partial charge in [-0.2, -0.15) is 0 Å². The van der Waals surface area contributed by atoms with E-state index in [4.69, 9.17) is 4.74 Å². The van der Waals surface area contributed by atoms with Crippen LogP contribution in [-0.2, 0) is 6.54 Å². The van der Waals surface area contributed by atoms with Crippen LogP contribution >= 0.6 is 0 Å². The Balaban J connectivity index is 1.72. The minimum atomic E-state index is 0.0610. The van der Waals surface area contributed by atoms with Gasteiger partial charge in [-0.15, -0.1) is 0 Å². The fraction of sp³-hybridized carbons (Fsp3) is 0.690. The molecule has 1 amide bonds. The number of fused-ring (bicyclic) bond motifs is 3. The van der Waals surface area contributed by atoms with Crippen molar-refractivity contribution in [3.63, 3.8) is 0 Å². The second kappa shape index (κ2) is 8.89. The molecule has 1 heterocycles. The molecule has 0 spiro atoms. The van der Waals surface area contributed by atoms with E-state index >= 15 is 0 Å². The van der Waals surface area contributed by atoms with Crippen molar-refractivity contribution in [2.45, 2.75) is 99.3 Å². The topological polar surface area (TPSA) is 46.5 Å². The maximum Gasteiger partial charge on any atom is 0.253 e. The predicted molar refractivity (Wildman–Crippen MR) is 141 cm³/mol. The van der Waals surface area contributed by atoms with Crippen LogP contribution in [0.3, 0.4) is 0 Å². The lowest BCUT2D eigenvalue weighted by Crippen LogP contribution is -2.52. The van der Waals surface area contributed by atoms with Gasteiger partial charge in [0.15, 0.2) is 0 Å². The van der Waals surface area contributed by atoms with Gasteiger partial charge in [-0.1, -0.05) is 32.9 Å². The van der Waals surface area contributed by atoms with Crippen molar-refractivity contribution in [1.29, 1.82) is 0 Å². The van der Waals surface area contributed by atoms with Crippen molar-refractivity contribution >= 4 is 16.8 Å². The number of hydrogen-bond acceptors (Lipinski definition) is 3. The quantitative estimate of drug-likeness (QED) is 0.516. The number of para-hydroxylation sites is 1. The van der Waals surface area contributed by atoms with Crippen LogP contribution in [0.2, 0.25) is 0 Å². The van der Waals surface area contributed by atoms with E-state index in [-0.39, 0.29) is 22.8 Å². The Morgan fingerprint density at radius 3 is 2.44 bits per heavy atom. The smallest absolute Gasteiger partial charge is 0.253 e. The summed E-state index contributed by atoms with van der Waals surface area (Å²) in [5.74, 6) is 1.59. The van der Waals surface area contributed by atoms with Gasteiger partial charge >= 0.3 is 0 Å². The summed E-state index contributed by atoms with van der Waals surface area (Å²) in [5.41, 5.74) is 3.18. The highest BCUT2D eigenvalue weighted by Crippen LogP contribution is 2.62. The molecule has 2 unspecified atom stereocenters. The minimum absolute atomic E-state index is 0.0610. The molecule has 188 valence electrons. The largest absolute Gasteiger partial charge is 0.495 e. The van der Waals surface area contributed by atoms with Gasteiger partial charge in [0.05, 0.1) is 18.2 Å². The van der Waals surface area contributed by atoms with Crippen LogP contribution in [0.5, 0.6) is 5.75 Å². The number of nitrogens with zero attached hydrogens (tertiary/aromatic N) is 2. The summed E-state index contributed by atoms with van der Waals surface area (Å²) in [5, 5.41) is 4.53. The van der Waals surface area contributed by atoms with Crippen LogP contribution < -0.4 is 10.1 Å². The van der Waals surface area contributed by atoms with Gasteiger partial charge in [-0.25, -0.2) is 0 Å². The van der Waals surface area contributed by atoms with E-state index in [0.717, 1.165) is 41.0 Å². The van der Waals surface area contributed by atoms with E-state index in [0.29, 0.717) is 18.0 Å². The second-order valence-electron chi connectivity index (χ2n) is 12.2. The van der Waals surface area contributed by atoms with Gasteiger partial charge in [0, 0.05) is 42.3 Å². The summed E-state index contributed by atoms with van der Waals surface area (Å²) in [6, 6.07) is 7.21. The number of benzene rings is 1. The number of ether oxygens (including phenoxy) is 1. The summed E-state index contributed by atoms with van der Waals surface area (Å²) < 4.78 is 8.07. The first kappa shape index (κ1) is 25.1. The fourth-order valence-corrected chi connectivity index (χ4v) is 7.42. The molecule has 1 N–H and O–H groups in total. The van der Waals surface area contributed by atoms with Crippen LogP contribution in [0.1, 0.15) is 83.8 Å². The Hall–Kier alpha value is -2.01. The van der Waals surface area contributed by atoms with Crippen molar-refractivity contribution in [3.05, 3.63) is 29.5 Å². The van der Waals surface area contributed by atoms with Crippen LogP contribution in [0.15, 0.2) is 18.2 Å². The standard InChI is InChI=1S/C29H45N3O2/c1-18(2)31(19(3)4)15-16-32-20(5)24(22-11-10-12-23(34-9)25(22)32)26(33)30-27-28(6,7)21-13-14-29(27,8)17-21/h10-12,18-19,21,27H,13-17H2,1-9H3,(H,30,33)/t21-,27?,29?/m1/s1. The maximum absolute atomic E-state index is 13.9. The average Bonchev–Trinajstić information content (AvgIpc) is 3.35. The first-order chi connectivity index (χ1) is 15.9. The molecule has 4 rings (SSSR count). The third kappa shape index (κ3) is 3.94. The highest BCUT2D eigenvalue weighted by molar-refractivity contribution is 6.10. The summed E-state index contributed by atoms with van der Waals surface area (Å²) in [4.78, 5) is 16.4. The molecule has 0 saturated heterocycles. The van der Waals surface area contributed by atoms with E-state index in [1.807, 2.05) is 12.1 Å². The van der Waals surface area contributed by atoms with Crippen LogP contribution in [0, 0.1) is 23.7 Å². The highest BCUT2D eigenvalue weighted by atomic mass is 16.5. The molecule has 0 radical (unpaired) electrons. The number of aromatic nitrogens is 1. The van der Waals surface area contributed by atoms with Crippen LogP contribution in [0.25, 0.3) is 10.9 Å². The number of carbonyl (C=O) groups is 1. The first-order valence-corrected chi connectivity index (χ1v) is 13.1.